The minimum atomic E-state index is -0.680. The molecule has 0 spiro atoms. The highest BCUT2D eigenvalue weighted by molar-refractivity contribution is 7.34. The van der Waals surface area contributed by atoms with E-state index in [1.54, 1.807) is 115 Å². The molecule has 21 rings (SSSR count). The number of aromatic amines is 2. The van der Waals surface area contributed by atoms with Gasteiger partial charge in [0.05, 0.1) is 132 Å². The van der Waals surface area contributed by atoms with Crippen LogP contribution in [0.1, 0.15) is 44.5 Å². The number of hydrogen-bond donors (Lipinski definition) is 2. The maximum atomic E-state index is 7.44. The van der Waals surface area contributed by atoms with Crippen LogP contribution in [0.4, 0.5) is 0 Å². The normalized spacial score (nSPS) is 27.3. The Hall–Kier alpha value is -6.56. The summed E-state index contributed by atoms with van der Waals surface area (Å²) in [7, 11) is 183. The van der Waals surface area contributed by atoms with Crippen molar-refractivity contribution in [3.63, 3.8) is 0 Å². The van der Waals surface area contributed by atoms with Gasteiger partial charge in [-0.1, -0.05) is 72.8 Å². The summed E-state index contributed by atoms with van der Waals surface area (Å²) in [6.07, 6.45) is 3.23. The van der Waals surface area contributed by atoms with E-state index in [-0.39, 0.29) is 139 Å². The Morgan fingerprint density at radius 2 is 0.443 bits per heavy atom. The molecular formula is C80H50B48N8O4. The molecule has 11 aromatic rings. The number of nitrogens with one attached hydrogen (secondary N) is 2. The van der Waals surface area contributed by atoms with Gasteiger partial charge in [0, 0.05) is 265 Å². The topological polar surface area (TPSA) is 146 Å². The molecule has 3 aromatic heterocycles. The number of benzene rings is 8. The van der Waals surface area contributed by atoms with Crippen molar-refractivity contribution in [2.75, 3.05) is 0 Å². The monoisotopic (exact) mass is 1690 g/mol. The average molecular weight is 1690 g/mol. The van der Waals surface area contributed by atoms with Gasteiger partial charge in [0.25, 0.3) is 0 Å². The molecule has 8 bridgehead atoms. The summed E-state index contributed by atoms with van der Waals surface area (Å²) in [5.41, 5.74) is 8.12. The SMILES string of the molecule is [B][10B]C1[10B]([B])C1([10B][B])Cc1cc(CC2([10B][B])[10B]([B])C2[10B][B])cc(Oc2cccc3c2-c2nc-3nc3[nH]c(nc4nc(nc5[nH]c(n2)c2cccc(Oc6cc(CC7([10B][B])[10B]([B])C7[10B][B])cc(CC7([10B][B])[10B]([B])C7[10B][B])c6)c52)-c2c(Oc5cc(CC6([10B][B])[10B]([B])C6[10B][B])cc(CC6([10B][B])[10B]([B])C6[10B][B])c5)cccc2-4)c2c(Oc4cc(CC5([10B][B])[10B]([B])C5[10B][B])cc(CC5([10B][B])[10B]([B])C5[10B][B])c4)cccc32)c1. The third kappa shape index (κ3) is 16.4. The van der Waals surface area contributed by atoms with Crippen LogP contribution < -0.4 is 18.9 Å². The Kier molecular flexibility index (Phi) is 27.0. The van der Waals surface area contributed by atoms with Crippen LogP contribution in [0, 0.1) is 0 Å². The van der Waals surface area contributed by atoms with Gasteiger partial charge in [-0.05, 0) is 169 Å². The van der Waals surface area contributed by atoms with Gasteiger partial charge in [0.15, 0.2) is 23.3 Å². The summed E-state index contributed by atoms with van der Waals surface area (Å²) in [4.78, 5) is 41.2. The lowest BCUT2D eigenvalue weighted by molar-refractivity contribution is 0.482. The van der Waals surface area contributed by atoms with E-state index < -0.39 is 41.7 Å². The van der Waals surface area contributed by atoms with E-state index in [2.05, 4.69) is 34.2 Å². The molecule has 578 valence electrons. The van der Waals surface area contributed by atoms with Crippen molar-refractivity contribution in [2.24, 2.45) is 0 Å². The highest BCUT2D eigenvalue weighted by Crippen LogP contribution is 2.69. The minimum absolute atomic E-state index is 0.139. The molecule has 16 atom stereocenters. The summed E-state index contributed by atoms with van der Waals surface area (Å²) in [6, 6.07) is 46.7. The van der Waals surface area contributed by atoms with Crippen molar-refractivity contribution in [1.82, 2.24) is 39.9 Å². The predicted molar refractivity (Wildman–Crippen MR) is 619 cm³/mol. The molecule has 10 aliphatic rings. The van der Waals surface area contributed by atoms with Gasteiger partial charge in [-0.25, -0.2) is 29.9 Å². The second-order valence-electron chi connectivity index (χ2n) is 40.3. The van der Waals surface area contributed by atoms with E-state index in [4.69, 9.17) is 235 Å². The van der Waals surface area contributed by atoms with Gasteiger partial charge in [-0.15, -0.1) is 87.4 Å². The van der Waals surface area contributed by atoms with Gasteiger partial charge in [0.2, 0.25) is 0 Å². The van der Waals surface area contributed by atoms with Crippen LogP contribution in [0.3, 0.4) is 0 Å². The number of nitrogens with zero attached hydrogens (tertiary/aromatic N) is 6. The van der Waals surface area contributed by atoms with Crippen molar-refractivity contribution >= 4 is 397 Å². The summed E-state index contributed by atoms with van der Waals surface area (Å²) >= 11 is 0. The van der Waals surface area contributed by atoms with Gasteiger partial charge in [0.1, 0.15) is 68.6 Å². The molecule has 0 amide bonds. The second-order valence-corrected chi connectivity index (χ2v) is 40.3. The van der Waals surface area contributed by atoms with Crippen molar-refractivity contribution in [3.05, 3.63) is 190 Å². The molecule has 8 fully saturated rings. The molecule has 10 aliphatic heterocycles. The van der Waals surface area contributed by atoms with Crippen LogP contribution >= 0.6 is 0 Å². The summed E-state index contributed by atoms with van der Waals surface area (Å²) in [5, 5.41) is -3.35. The number of ether oxygens (including phenoxy) is 4. The van der Waals surface area contributed by atoms with Gasteiger partial charge in [-0.2, -0.15) is 0 Å². The maximum absolute atomic E-state index is 7.44. The first kappa shape index (κ1) is 99.4. The van der Waals surface area contributed by atoms with Crippen LogP contribution in [-0.4, -0.2) is 393 Å². The highest BCUT2D eigenvalue weighted by atomic mass is 16.5. The zero-order valence-electron chi connectivity index (χ0n) is 77.2. The number of fused-ring (bicyclic) bond motifs is 20. The fourth-order valence-electron chi connectivity index (χ4n) is 24.2. The Bertz CT molecular complexity index is 6720. The van der Waals surface area contributed by atoms with Crippen LogP contribution in [-0.2, 0) is 51.4 Å². The molecule has 16 unspecified atom stereocenters. The van der Waals surface area contributed by atoms with Crippen molar-refractivity contribution in [2.45, 2.75) is 139 Å². The maximum Gasteiger partial charge on any atom is 0.168 e. The van der Waals surface area contributed by atoms with Crippen molar-refractivity contribution in [3.8, 4) is 91.5 Å². The first-order valence-electron chi connectivity index (χ1n) is 47.1. The molecule has 0 saturated carbocycles. The summed E-state index contributed by atoms with van der Waals surface area (Å²) in [5.74, 6) is 3.84. The Morgan fingerprint density at radius 3 is 0.664 bits per heavy atom. The molecule has 140 heavy (non-hydrogen) atoms. The first-order chi connectivity index (χ1) is 67.6. The van der Waals surface area contributed by atoms with E-state index in [0.29, 0.717) is 147 Å². The zero-order valence-corrected chi connectivity index (χ0v) is 77.2. The number of rotatable bonds is 40. The Balaban J connectivity index is 0.802. The van der Waals surface area contributed by atoms with E-state index in [1.807, 2.05) is 121 Å². The lowest BCUT2D eigenvalue weighted by Gasteiger charge is -2.22. The Labute approximate surface area is 869 Å². The third-order valence-corrected chi connectivity index (χ3v) is 33.2. The lowest BCUT2D eigenvalue weighted by atomic mass is 8.78. The van der Waals surface area contributed by atoms with E-state index >= 15 is 0 Å². The standard InChI is InChI=1S/C80H50B48N8O4/c81-105-65-73(113-89,121(65)97)25-33-13-34(26-74(114-90)66(106-82)122(74)98)18-41(17-33)137-49-9-1-5-45-53(49)61-130-57(45)129-58-46-6-2-10-50(138-42-19-35(27-75(115-91)67(107-83)123(75)99)14-36(20-42)28-76(116-92)68(108-84)124(76)100)54(46)62(131-58)133-60-48-8-4-12-52(140-44-23-39(31-79(119-95)71(111-87)127(79)103)16-40(24-44)32-80(120-96)72(112-88)128(80)104)56(48)64(135-60)136-63-55-47(59(132-61)134-63)7-3-11-51(55)139-43-21-37(29-77(117-93)69(109-85)125(77)101)15-38(22-43)30-78(118-94)70(110-86)126(78)102/h1-24,65-72H,25-32H2,(H2,129,130,131,132,133,134,135,136)/i105-1,106-1,107-1,108-1,109-1,110-1,111-1,112-1,113-1,114-1,115-1,116-1,117-1,118-1,119-1,120-1,121-1,122-1,123-1,124-1,125-1,126-1,127-1,128-1. The molecule has 8 saturated heterocycles. The van der Waals surface area contributed by atoms with Crippen LogP contribution in [0.25, 0.3) is 89.7 Å². The van der Waals surface area contributed by atoms with Crippen LogP contribution in [0.2, 0.25) is 87.4 Å². The fourth-order valence-corrected chi connectivity index (χ4v) is 24.2. The number of H-pyrrole nitrogens is 2. The molecule has 13 heterocycles. The van der Waals surface area contributed by atoms with Crippen molar-refractivity contribution < 1.29 is 18.9 Å². The van der Waals surface area contributed by atoms with E-state index in [0.717, 1.165) is 44.5 Å². The molecular weight excluding hydrogens is 1640 g/mol. The molecule has 60 heteroatoms. The highest BCUT2D eigenvalue weighted by Gasteiger charge is 2.65. The number of hydrogen-bond acceptors (Lipinski definition) is 10. The molecule has 2 N–H and O–H groups in total. The fraction of sp³-hybridized carbons (Fsp3) is 0.300. The summed E-state index contributed by atoms with van der Waals surface area (Å²) in [6.45, 7) is -2.85. The van der Waals surface area contributed by atoms with Crippen LogP contribution in [0.5, 0.6) is 46.0 Å². The van der Waals surface area contributed by atoms with Gasteiger partial charge < -0.3 is 28.9 Å². The third-order valence-electron chi connectivity index (χ3n) is 33.2. The quantitative estimate of drug-likeness (QED) is 0.0524. The largest absolute Gasteiger partial charge is 0.457 e. The van der Waals surface area contributed by atoms with Gasteiger partial charge in [-0.3, -0.25) is 0 Å². The van der Waals surface area contributed by atoms with E-state index in [1.165, 1.54) is 0 Å². The van der Waals surface area contributed by atoms with Gasteiger partial charge >= 0.3 is 0 Å². The first-order valence-corrected chi connectivity index (χ1v) is 47.1. The van der Waals surface area contributed by atoms with Crippen LogP contribution in [0.15, 0.2) is 146 Å². The zero-order chi connectivity index (χ0) is 98.1. The number of aromatic nitrogens is 8. The minimum Gasteiger partial charge on any atom is -0.457 e. The van der Waals surface area contributed by atoms with Crippen molar-refractivity contribution in [1.29, 1.82) is 0 Å². The molecule has 64 radical (unpaired) electrons. The predicted octanol–water partition coefficient (Wildman–Crippen LogP) is 0.575. The lowest BCUT2D eigenvalue weighted by Crippen LogP contribution is -2.17. The molecule has 8 aromatic carbocycles. The summed E-state index contributed by atoms with van der Waals surface area (Å²) < 4.78 is 29.6. The second kappa shape index (κ2) is 38.0. The van der Waals surface area contributed by atoms with E-state index in [9.17, 15) is 0 Å². The molecule has 0 aliphatic carbocycles. The Morgan fingerprint density at radius 1 is 0.243 bits per heavy atom. The average Bonchev–Trinajstić information content (AvgIpc) is 1.57. The molecule has 12 nitrogen and oxygen atoms in total. The smallest absolute Gasteiger partial charge is 0.168 e.